The number of nitrogens with zero attached hydrogens (tertiary/aromatic N) is 3. The zero-order chi connectivity index (χ0) is 16.2. The molecule has 2 fully saturated rings. The monoisotopic (exact) mass is 325 g/mol. The van der Waals surface area contributed by atoms with E-state index in [0.29, 0.717) is 6.10 Å². The van der Waals surface area contributed by atoms with Gasteiger partial charge in [-0.05, 0) is 50.9 Å². The normalized spacial score (nSPS) is 20.1. The van der Waals surface area contributed by atoms with Crippen LogP contribution >= 0.6 is 0 Å². The van der Waals surface area contributed by atoms with Crippen LogP contribution in [0.25, 0.3) is 10.9 Å². The number of piperidine rings is 1. The second-order valence-corrected chi connectivity index (χ2v) is 6.95. The molecule has 1 aromatic carbocycles. The van der Waals surface area contributed by atoms with Crippen molar-refractivity contribution in [2.24, 2.45) is 0 Å². The summed E-state index contributed by atoms with van der Waals surface area (Å²) in [6.45, 7) is 6.66. The predicted molar refractivity (Wildman–Crippen MR) is 98.6 cm³/mol. The Hall–Kier alpha value is -1.65. The number of likely N-dealkylation sites (tertiary alicyclic amines) is 1. The Morgan fingerprint density at radius 2 is 1.79 bits per heavy atom. The molecule has 1 aromatic heterocycles. The number of hydrogen-bond donors (Lipinski definition) is 0. The first-order valence-corrected chi connectivity index (χ1v) is 9.33. The van der Waals surface area contributed by atoms with Crippen molar-refractivity contribution in [1.29, 1.82) is 0 Å². The summed E-state index contributed by atoms with van der Waals surface area (Å²) in [5.41, 5.74) is 2.40. The minimum absolute atomic E-state index is 0.428. The highest BCUT2D eigenvalue weighted by Gasteiger charge is 2.21. The maximum atomic E-state index is 6.14. The molecule has 0 saturated carbocycles. The standard InChI is InChI=1S/C20H27N3O/c1-2-6-19-18(5-1)20(7-10-21-19)23-13-8-17(9-14-23)24-16-15-22-11-3-4-12-22/h1-2,5-7,10,17H,3-4,8-9,11-16H2. The molecule has 0 bridgehead atoms. The van der Waals surface area contributed by atoms with Crippen molar-refractivity contribution in [2.75, 3.05) is 44.2 Å². The van der Waals surface area contributed by atoms with Crippen molar-refractivity contribution in [3.8, 4) is 0 Å². The quantitative estimate of drug-likeness (QED) is 0.843. The van der Waals surface area contributed by atoms with Gasteiger partial charge in [0.2, 0.25) is 0 Å². The van der Waals surface area contributed by atoms with Gasteiger partial charge in [-0.15, -0.1) is 0 Å². The zero-order valence-corrected chi connectivity index (χ0v) is 14.4. The lowest BCUT2D eigenvalue weighted by Gasteiger charge is -2.34. The van der Waals surface area contributed by atoms with E-state index in [2.05, 4.69) is 45.1 Å². The molecule has 2 aliphatic rings. The van der Waals surface area contributed by atoms with Crippen molar-refractivity contribution in [3.05, 3.63) is 36.5 Å². The molecule has 0 N–H and O–H groups in total. The van der Waals surface area contributed by atoms with Gasteiger partial charge in [0.15, 0.2) is 0 Å². The van der Waals surface area contributed by atoms with Gasteiger partial charge in [-0.2, -0.15) is 0 Å². The number of anilines is 1. The summed E-state index contributed by atoms with van der Waals surface area (Å²) in [5.74, 6) is 0. The topological polar surface area (TPSA) is 28.6 Å². The van der Waals surface area contributed by atoms with Crippen molar-refractivity contribution in [2.45, 2.75) is 31.8 Å². The van der Waals surface area contributed by atoms with E-state index in [9.17, 15) is 0 Å². The number of hydrogen-bond acceptors (Lipinski definition) is 4. The molecule has 0 spiro atoms. The van der Waals surface area contributed by atoms with Crippen LogP contribution in [0.5, 0.6) is 0 Å². The summed E-state index contributed by atoms with van der Waals surface area (Å²) >= 11 is 0. The minimum atomic E-state index is 0.428. The van der Waals surface area contributed by atoms with Gasteiger partial charge in [-0.1, -0.05) is 18.2 Å². The summed E-state index contributed by atoms with van der Waals surface area (Å²) in [7, 11) is 0. The molecule has 0 unspecified atom stereocenters. The van der Waals surface area contributed by atoms with Crippen molar-refractivity contribution < 1.29 is 4.74 Å². The first kappa shape index (κ1) is 15.9. The van der Waals surface area contributed by atoms with Crippen LogP contribution in [0.4, 0.5) is 5.69 Å². The first-order chi connectivity index (χ1) is 11.9. The van der Waals surface area contributed by atoms with Gasteiger partial charge in [-0.25, -0.2) is 0 Å². The average molecular weight is 325 g/mol. The van der Waals surface area contributed by atoms with E-state index < -0.39 is 0 Å². The van der Waals surface area contributed by atoms with Gasteiger partial charge in [-0.3, -0.25) is 4.98 Å². The fourth-order valence-electron chi connectivity index (χ4n) is 3.97. The lowest BCUT2D eigenvalue weighted by molar-refractivity contribution is 0.0266. The summed E-state index contributed by atoms with van der Waals surface area (Å²) in [6.07, 6.45) is 7.32. The first-order valence-electron chi connectivity index (χ1n) is 9.33. The summed E-state index contributed by atoms with van der Waals surface area (Å²) < 4.78 is 6.14. The molecule has 4 heteroatoms. The fourth-order valence-corrected chi connectivity index (χ4v) is 3.97. The lowest BCUT2D eigenvalue weighted by atomic mass is 10.1. The van der Waals surface area contributed by atoms with E-state index in [-0.39, 0.29) is 0 Å². The van der Waals surface area contributed by atoms with E-state index in [0.717, 1.165) is 44.6 Å². The van der Waals surface area contributed by atoms with Gasteiger partial charge in [0, 0.05) is 36.9 Å². The Bertz CT molecular complexity index is 655. The molecular weight excluding hydrogens is 298 g/mol. The van der Waals surface area contributed by atoms with Gasteiger partial charge in [0.05, 0.1) is 18.2 Å². The molecule has 4 nitrogen and oxygen atoms in total. The van der Waals surface area contributed by atoms with E-state index in [1.165, 1.54) is 37.0 Å². The number of aromatic nitrogens is 1. The Kier molecular flexibility index (Phi) is 4.95. The highest BCUT2D eigenvalue weighted by atomic mass is 16.5. The number of para-hydroxylation sites is 1. The van der Waals surface area contributed by atoms with Crippen LogP contribution in [0.15, 0.2) is 36.5 Å². The minimum Gasteiger partial charge on any atom is -0.377 e. The third-order valence-electron chi connectivity index (χ3n) is 5.37. The van der Waals surface area contributed by atoms with Crippen LogP contribution in [0.1, 0.15) is 25.7 Å². The Labute approximate surface area is 144 Å². The molecule has 2 saturated heterocycles. The Balaban J connectivity index is 1.30. The van der Waals surface area contributed by atoms with Gasteiger partial charge in [0.25, 0.3) is 0 Å². The van der Waals surface area contributed by atoms with Crippen LogP contribution < -0.4 is 4.90 Å². The fraction of sp³-hybridized carbons (Fsp3) is 0.550. The number of pyridine rings is 1. The van der Waals surface area contributed by atoms with E-state index in [1.807, 2.05) is 6.20 Å². The average Bonchev–Trinajstić information content (AvgIpc) is 3.15. The molecule has 0 atom stereocenters. The summed E-state index contributed by atoms with van der Waals surface area (Å²) in [5, 5.41) is 1.26. The Morgan fingerprint density at radius 3 is 2.62 bits per heavy atom. The van der Waals surface area contributed by atoms with Crippen LogP contribution in [-0.4, -0.2) is 55.3 Å². The molecule has 3 heterocycles. The lowest BCUT2D eigenvalue weighted by Crippen LogP contribution is -2.38. The van der Waals surface area contributed by atoms with Crippen LogP contribution in [0, 0.1) is 0 Å². The van der Waals surface area contributed by atoms with Crippen molar-refractivity contribution in [1.82, 2.24) is 9.88 Å². The summed E-state index contributed by atoms with van der Waals surface area (Å²) in [6, 6.07) is 10.6. The highest BCUT2D eigenvalue weighted by molar-refractivity contribution is 5.91. The maximum Gasteiger partial charge on any atom is 0.0722 e. The number of benzene rings is 1. The smallest absolute Gasteiger partial charge is 0.0722 e. The molecular formula is C20H27N3O. The van der Waals surface area contributed by atoms with Crippen LogP contribution in [0.2, 0.25) is 0 Å². The molecule has 128 valence electrons. The third kappa shape index (κ3) is 3.55. The Morgan fingerprint density at radius 1 is 1.00 bits per heavy atom. The van der Waals surface area contributed by atoms with Gasteiger partial charge >= 0.3 is 0 Å². The van der Waals surface area contributed by atoms with Gasteiger partial charge < -0.3 is 14.5 Å². The predicted octanol–water partition coefficient (Wildman–Crippen LogP) is 3.32. The highest BCUT2D eigenvalue weighted by Crippen LogP contribution is 2.28. The van der Waals surface area contributed by atoms with E-state index in [4.69, 9.17) is 4.74 Å². The second kappa shape index (κ2) is 7.49. The largest absolute Gasteiger partial charge is 0.377 e. The van der Waals surface area contributed by atoms with E-state index in [1.54, 1.807) is 0 Å². The summed E-state index contributed by atoms with van der Waals surface area (Å²) in [4.78, 5) is 9.49. The van der Waals surface area contributed by atoms with Crippen molar-refractivity contribution in [3.63, 3.8) is 0 Å². The van der Waals surface area contributed by atoms with Crippen molar-refractivity contribution >= 4 is 16.6 Å². The van der Waals surface area contributed by atoms with Crippen LogP contribution in [-0.2, 0) is 4.74 Å². The zero-order valence-electron chi connectivity index (χ0n) is 14.4. The van der Waals surface area contributed by atoms with E-state index >= 15 is 0 Å². The molecule has 24 heavy (non-hydrogen) atoms. The number of ether oxygens (including phenoxy) is 1. The number of rotatable bonds is 5. The van der Waals surface area contributed by atoms with Crippen LogP contribution in [0.3, 0.4) is 0 Å². The second-order valence-electron chi connectivity index (χ2n) is 6.95. The molecule has 2 aromatic rings. The maximum absolute atomic E-state index is 6.14. The molecule has 0 amide bonds. The molecule has 0 radical (unpaired) electrons. The molecule has 4 rings (SSSR count). The SMILES string of the molecule is c1ccc2c(N3CCC(OCCN4CCCC4)CC3)ccnc2c1. The van der Waals surface area contributed by atoms with Gasteiger partial charge in [0.1, 0.15) is 0 Å². The molecule has 0 aliphatic carbocycles. The molecule has 2 aliphatic heterocycles. The number of fused-ring (bicyclic) bond motifs is 1. The third-order valence-corrected chi connectivity index (χ3v) is 5.37.